The summed E-state index contributed by atoms with van der Waals surface area (Å²) in [5, 5.41) is 0. The highest BCUT2D eigenvalue weighted by Crippen LogP contribution is 2.23. The molecule has 0 unspecified atom stereocenters. The van der Waals surface area contributed by atoms with Crippen LogP contribution in [0.15, 0.2) is 72.8 Å². The summed E-state index contributed by atoms with van der Waals surface area (Å²) in [5.41, 5.74) is 4.73. The summed E-state index contributed by atoms with van der Waals surface area (Å²) in [6.07, 6.45) is 0. The van der Waals surface area contributed by atoms with Gasteiger partial charge in [0.2, 0.25) is 0 Å². The second kappa shape index (κ2) is 7.16. The first kappa shape index (κ1) is 13.9. The second-order valence-corrected chi connectivity index (χ2v) is 4.15. The summed E-state index contributed by atoms with van der Waals surface area (Å²) < 4.78 is 0. The Balaban J connectivity index is 0.000000704. The Morgan fingerprint density at radius 3 is 1.80 bits per heavy atom. The minimum absolute atomic E-state index is 1.08. The fraction of sp³-hybridized carbons (Fsp3) is 0.100. The molecular formula is C20H18. The van der Waals surface area contributed by atoms with E-state index in [1.54, 1.807) is 0 Å². The van der Waals surface area contributed by atoms with Gasteiger partial charge in [0.25, 0.3) is 0 Å². The largest absolute Gasteiger partial charge is 0.0696 e. The molecule has 20 heavy (non-hydrogen) atoms. The number of hydrogen-bond acceptors (Lipinski definition) is 0. The van der Waals surface area contributed by atoms with Gasteiger partial charge in [0, 0.05) is 5.56 Å². The first-order valence-electron chi connectivity index (χ1n) is 6.98. The Morgan fingerprint density at radius 1 is 0.600 bits per heavy atom. The highest BCUT2D eigenvalue weighted by molar-refractivity contribution is 5.69. The molecule has 0 bridgehead atoms. The Bertz CT molecular complexity index is 549. The number of benzene rings is 2. The van der Waals surface area contributed by atoms with E-state index in [-0.39, 0.29) is 0 Å². The average Bonchev–Trinajstić information content (AvgIpc) is 2.58. The minimum Gasteiger partial charge on any atom is -0.0696 e. The van der Waals surface area contributed by atoms with Crippen molar-refractivity contribution < 1.29 is 0 Å². The van der Waals surface area contributed by atoms with Crippen LogP contribution in [0, 0.1) is 12.1 Å². The molecule has 0 saturated heterocycles. The number of rotatable bonds is 2. The predicted octanol–water partition coefficient (Wildman–Crippen LogP) is 5.65. The molecule has 0 radical (unpaired) electrons. The summed E-state index contributed by atoms with van der Waals surface area (Å²) in [7, 11) is 0. The fourth-order valence-corrected chi connectivity index (χ4v) is 1.99. The maximum atomic E-state index is 3.12. The van der Waals surface area contributed by atoms with E-state index >= 15 is 0 Å². The van der Waals surface area contributed by atoms with E-state index in [4.69, 9.17) is 0 Å². The third-order valence-corrected chi connectivity index (χ3v) is 2.95. The first-order chi connectivity index (χ1) is 9.93. The van der Waals surface area contributed by atoms with Crippen LogP contribution in [-0.4, -0.2) is 0 Å². The monoisotopic (exact) mass is 258 g/mol. The summed E-state index contributed by atoms with van der Waals surface area (Å²) in [4.78, 5) is 0. The van der Waals surface area contributed by atoms with Crippen LogP contribution in [0.5, 0.6) is 0 Å². The van der Waals surface area contributed by atoms with Gasteiger partial charge in [-0.05, 0) is 28.8 Å². The van der Waals surface area contributed by atoms with Crippen molar-refractivity contribution in [2.45, 2.75) is 13.8 Å². The van der Waals surface area contributed by atoms with Gasteiger partial charge < -0.3 is 0 Å². The van der Waals surface area contributed by atoms with Gasteiger partial charge in [-0.1, -0.05) is 86.6 Å². The molecule has 0 amide bonds. The molecule has 0 saturated carbocycles. The molecule has 0 N–H and O–H groups in total. The standard InChI is InChI=1S/C18H12.C2H6/c1-3-7-15(8-4-1)17-11-13-18(14-12-17)16-9-5-2-6-10-16;1-2/h1-5,7-9,11-14H;1-2H3. The molecule has 0 aliphatic carbocycles. The van der Waals surface area contributed by atoms with Crippen LogP contribution < -0.4 is 0 Å². The van der Waals surface area contributed by atoms with Gasteiger partial charge in [-0.25, -0.2) is 0 Å². The van der Waals surface area contributed by atoms with Gasteiger partial charge in [-0.2, -0.15) is 0 Å². The van der Waals surface area contributed by atoms with Gasteiger partial charge in [0.1, 0.15) is 0 Å². The van der Waals surface area contributed by atoms with E-state index in [2.05, 4.69) is 60.7 Å². The lowest BCUT2D eigenvalue weighted by Gasteiger charge is -2.03. The average molecular weight is 258 g/mol. The fourth-order valence-electron chi connectivity index (χ4n) is 1.99. The molecule has 0 aromatic heterocycles. The molecule has 0 nitrogen and oxygen atoms in total. The molecule has 3 aromatic carbocycles. The van der Waals surface area contributed by atoms with Crippen LogP contribution in [0.1, 0.15) is 13.8 Å². The smallest absolute Gasteiger partial charge is 0.0321 e. The second-order valence-electron chi connectivity index (χ2n) is 4.15. The molecule has 0 spiro atoms. The molecule has 0 heteroatoms. The minimum atomic E-state index is 1.08. The van der Waals surface area contributed by atoms with Crippen LogP contribution in [0.4, 0.5) is 0 Å². The van der Waals surface area contributed by atoms with Gasteiger partial charge in [0.15, 0.2) is 0 Å². The van der Waals surface area contributed by atoms with Gasteiger partial charge in [-0.3, -0.25) is 0 Å². The Morgan fingerprint density at radius 2 is 1.20 bits per heavy atom. The van der Waals surface area contributed by atoms with E-state index in [9.17, 15) is 0 Å². The zero-order valence-corrected chi connectivity index (χ0v) is 11.9. The van der Waals surface area contributed by atoms with E-state index in [0.29, 0.717) is 0 Å². The summed E-state index contributed by atoms with van der Waals surface area (Å²) in [6, 6.07) is 30.9. The van der Waals surface area contributed by atoms with E-state index < -0.39 is 0 Å². The van der Waals surface area contributed by atoms with Crippen LogP contribution in [-0.2, 0) is 0 Å². The Hall–Kier alpha value is -2.52. The van der Waals surface area contributed by atoms with Crippen LogP contribution in [0.2, 0.25) is 0 Å². The van der Waals surface area contributed by atoms with Crippen LogP contribution in [0.25, 0.3) is 22.3 Å². The predicted molar refractivity (Wildman–Crippen MR) is 86.3 cm³/mol. The third-order valence-electron chi connectivity index (χ3n) is 2.95. The van der Waals surface area contributed by atoms with E-state index in [1.165, 1.54) is 16.7 Å². The van der Waals surface area contributed by atoms with Crippen molar-refractivity contribution >= 4 is 0 Å². The quantitative estimate of drug-likeness (QED) is 0.557. The van der Waals surface area contributed by atoms with Crippen molar-refractivity contribution in [3.8, 4) is 22.3 Å². The topological polar surface area (TPSA) is 0 Å². The maximum Gasteiger partial charge on any atom is 0.0321 e. The number of hydrogen-bond donors (Lipinski definition) is 0. The lowest BCUT2D eigenvalue weighted by atomic mass is 10.0. The highest BCUT2D eigenvalue weighted by Gasteiger charge is 1.98. The highest BCUT2D eigenvalue weighted by atomic mass is 14.0. The van der Waals surface area contributed by atoms with E-state index in [0.717, 1.165) is 5.56 Å². The van der Waals surface area contributed by atoms with Gasteiger partial charge >= 0.3 is 0 Å². The van der Waals surface area contributed by atoms with Crippen molar-refractivity contribution in [1.29, 1.82) is 0 Å². The van der Waals surface area contributed by atoms with Crippen molar-refractivity contribution in [3.05, 3.63) is 84.9 Å². The molecule has 0 aliphatic rings. The van der Waals surface area contributed by atoms with Crippen molar-refractivity contribution in [2.75, 3.05) is 0 Å². The maximum absolute atomic E-state index is 3.12. The molecule has 0 aliphatic heterocycles. The molecule has 0 heterocycles. The molecule has 3 rings (SSSR count). The van der Waals surface area contributed by atoms with Crippen molar-refractivity contribution in [2.24, 2.45) is 0 Å². The lowest BCUT2D eigenvalue weighted by Crippen LogP contribution is -1.79. The van der Waals surface area contributed by atoms with Crippen molar-refractivity contribution in [1.82, 2.24) is 0 Å². The van der Waals surface area contributed by atoms with Crippen LogP contribution >= 0.6 is 0 Å². The third kappa shape index (κ3) is 3.28. The Labute approximate surface area is 121 Å². The summed E-state index contributed by atoms with van der Waals surface area (Å²) in [6.45, 7) is 4.00. The zero-order valence-electron chi connectivity index (χ0n) is 11.9. The summed E-state index contributed by atoms with van der Waals surface area (Å²) in [5.74, 6) is 0. The molecule has 0 fully saturated rings. The van der Waals surface area contributed by atoms with Gasteiger partial charge in [0.05, 0.1) is 0 Å². The molecule has 0 atom stereocenters. The summed E-state index contributed by atoms with van der Waals surface area (Å²) >= 11 is 0. The molecule has 3 aromatic rings. The lowest BCUT2D eigenvalue weighted by molar-refractivity contribution is 1.50. The molecule has 98 valence electrons. The van der Waals surface area contributed by atoms with Crippen LogP contribution in [0.3, 0.4) is 0 Å². The first-order valence-corrected chi connectivity index (χ1v) is 6.98. The Kier molecular flexibility index (Phi) is 4.98. The molecular weight excluding hydrogens is 240 g/mol. The zero-order chi connectivity index (χ0) is 14.2. The van der Waals surface area contributed by atoms with Crippen molar-refractivity contribution in [3.63, 3.8) is 0 Å². The van der Waals surface area contributed by atoms with E-state index in [1.807, 2.05) is 38.1 Å². The van der Waals surface area contributed by atoms with Gasteiger partial charge in [-0.15, -0.1) is 0 Å². The normalized spacial score (nSPS) is 9.10. The SMILES string of the molecule is CC.c1cccc(-c2ccc(-c3ccccc3)cc2)c#1.